The smallest absolute Gasteiger partial charge is 0.341 e. The molecule has 1 fully saturated rings. The van der Waals surface area contributed by atoms with Gasteiger partial charge >= 0.3 is 5.97 Å². The highest BCUT2D eigenvalue weighted by Gasteiger charge is 2.14. The number of nitrogens with zero attached hydrogens (tertiary/aromatic N) is 2. The molecule has 7 nitrogen and oxygen atoms in total. The molecule has 1 N–H and O–H groups in total. The van der Waals surface area contributed by atoms with Gasteiger partial charge in [-0.2, -0.15) is 0 Å². The van der Waals surface area contributed by atoms with Crippen LogP contribution in [0.15, 0.2) is 72.9 Å². The largest absolute Gasteiger partial charge is 0.482 e. The minimum atomic E-state index is -1.02. The molecule has 0 bridgehead atoms. The van der Waals surface area contributed by atoms with Crippen molar-refractivity contribution < 1.29 is 24.2 Å². The first kappa shape index (κ1) is 23.5. The number of hydrogen-bond donors (Lipinski definition) is 1. The Labute approximate surface area is 198 Å². The lowest BCUT2D eigenvalue weighted by molar-refractivity contribution is -0.139. The van der Waals surface area contributed by atoms with E-state index in [0.29, 0.717) is 23.6 Å². The lowest BCUT2D eigenvalue weighted by atomic mass is 10.1. The van der Waals surface area contributed by atoms with Crippen molar-refractivity contribution in [3.05, 3.63) is 95.3 Å². The number of aromatic nitrogens is 1. The van der Waals surface area contributed by atoms with Gasteiger partial charge in [0.15, 0.2) is 6.61 Å². The summed E-state index contributed by atoms with van der Waals surface area (Å²) in [6.07, 6.45) is 5.76. The van der Waals surface area contributed by atoms with Crippen molar-refractivity contribution in [1.82, 2.24) is 9.47 Å². The van der Waals surface area contributed by atoms with Crippen LogP contribution in [0, 0.1) is 0 Å². The molecule has 0 amide bonds. The fourth-order valence-corrected chi connectivity index (χ4v) is 3.86. The highest BCUT2D eigenvalue weighted by atomic mass is 16.5. The molecular weight excluding hydrogens is 432 g/mol. The lowest BCUT2D eigenvalue weighted by Crippen LogP contribution is -2.35. The topological polar surface area (TPSA) is 81.0 Å². The monoisotopic (exact) mass is 460 g/mol. The van der Waals surface area contributed by atoms with E-state index in [2.05, 4.69) is 4.90 Å². The number of ether oxygens (including phenoxy) is 2. The molecular formula is C27H28N2O5. The normalized spacial score (nSPS) is 14.4. The second-order valence-corrected chi connectivity index (χ2v) is 8.12. The Hall–Kier alpha value is -3.68. The SMILES string of the molecule is O=C(O)COc1cccc(C=CCn2cccc2C(=O)c2ccc(CN3CCOCC3)cc2)c1. The van der Waals surface area contributed by atoms with Gasteiger partial charge in [-0.1, -0.05) is 48.6 Å². The first-order valence-electron chi connectivity index (χ1n) is 11.3. The molecule has 1 aliphatic rings. The maximum Gasteiger partial charge on any atom is 0.341 e. The van der Waals surface area contributed by atoms with Crippen molar-refractivity contribution in [3.8, 4) is 5.75 Å². The Kier molecular flexibility index (Phi) is 7.91. The number of carboxylic acid groups (broad SMARTS) is 1. The predicted octanol–water partition coefficient (Wildman–Crippen LogP) is 3.73. The average molecular weight is 461 g/mol. The summed E-state index contributed by atoms with van der Waals surface area (Å²) in [6, 6.07) is 18.8. The zero-order valence-electron chi connectivity index (χ0n) is 18.9. The van der Waals surface area contributed by atoms with Crippen molar-refractivity contribution in [2.45, 2.75) is 13.1 Å². The molecule has 2 aromatic carbocycles. The van der Waals surface area contributed by atoms with Crippen LogP contribution in [0.25, 0.3) is 6.08 Å². The summed E-state index contributed by atoms with van der Waals surface area (Å²) in [5.41, 5.74) is 3.37. The van der Waals surface area contributed by atoms with Gasteiger partial charge in [-0.15, -0.1) is 0 Å². The van der Waals surface area contributed by atoms with Gasteiger partial charge in [-0.3, -0.25) is 9.69 Å². The Morgan fingerprint density at radius 2 is 1.82 bits per heavy atom. The zero-order chi connectivity index (χ0) is 23.8. The van der Waals surface area contributed by atoms with E-state index in [0.717, 1.165) is 38.4 Å². The summed E-state index contributed by atoms with van der Waals surface area (Å²) in [4.78, 5) is 26.1. The molecule has 0 spiro atoms. The number of carbonyl (C=O) groups is 2. The van der Waals surface area contributed by atoms with Gasteiger partial charge in [-0.05, 0) is 35.4 Å². The van der Waals surface area contributed by atoms with Gasteiger partial charge < -0.3 is 19.1 Å². The van der Waals surface area contributed by atoms with Gasteiger partial charge in [0.25, 0.3) is 0 Å². The number of allylic oxidation sites excluding steroid dienone is 1. The summed E-state index contributed by atoms with van der Waals surface area (Å²) in [5, 5.41) is 8.75. The van der Waals surface area contributed by atoms with Crippen LogP contribution < -0.4 is 4.74 Å². The fourth-order valence-electron chi connectivity index (χ4n) is 3.86. The summed E-state index contributed by atoms with van der Waals surface area (Å²) in [5.74, 6) is -0.531. The standard InChI is InChI=1S/C27H28N2O5/c30-26(31)20-34-24-6-1-4-21(18-24)5-2-12-29-13-3-7-25(29)27(32)23-10-8-22(9-11-23)19-28-14-16-33-17-15-28/h1-11,13,18H,12,14-17,19-20H2,(H,30,31). The van der Waals surface area contributed by atoms with Crippen LogP contribution in [0.3, 0.4) is 0 Å². The van der Waals surface area contributed by atoms with Crippen molar-refractivity contribution >= 4 is 17.8 Å². The van der Waals surface area contributed by atoms with E-state index in [1.807, 2.05) is 71.4 Å². The summed E-state index contributed by atoms with van der Waals surface area (Å²) >= 11 is 0. The number of aliphatic carboxylic acids is 1. The molecule has 0 atom stereocenters. The molecule has 1 aromatic heterocycles. The lowest BCUT2D eigenvalue weighted by Gasteiger charge is -2.26. The van der Waals surface area contributed by atoms with Gasteiger partial charge in [-0.25, -0.2) is 4.79 Å². The molecule has 7 heteroatoms. The summed E-state index contributed by atoms with van der Waals surface area (Å²) in [7, 11) is 0. The average Bonchev–Trinajstić information content (AvgIpc) is 3.32. The minimum Gasteiger partial charge on any atom is -0.482 e. The highest BCUT2D eigenvalue weighted by molar-refractivity contribution is 6.08. The molecule has 0 unspecified atom stereocenters. The molecule has 2 heterocycles. The third-order valence-electron chi connectivity index (χ3n) is 5.62. The Bertz CT molecular complexity index is 1140. The Morgan fingerprint density at radius 3 is 2.59 bits per heavy atom. The third-order valence-corrected chi connectivity index (χ3v) is 5.62. The second-order valence-electron chi connectivity index (χ2n) is 8.12. The van der Waals surface area contributed by atoms with Crippen LogP contribution >= 0.6 is 0 Å². The maximum atomic E-state index is 13.1. The van der Waals surface area contributed by atoms with Crippen molar-refractivity contribution in [2.24, 2.45) is 0 Å². The van der Waals surface area contributed by atoms with Gasteiger partial charge in [0.2, 0.25) is 5.78 Å². The molecule has 0 aliphatic carbocycles. The first-order chi connectivity index (χ1) is 16.6. The number of hydrogen-bond acceptors (Lipinski definition) is 5. The molecule has 4 rings (SSSR count). The first-order valence-corrected chi connectivity index (χ1v) is 11.3. The predicted molar refractivity (Wildman–Crippen MR) is 129 cm³/mol. The van der Waals surface area contributed by atoms with E-state index in [4.69, 9.17) is 14.6 Å². The van der Waals surface area contributed by atoms with Crippen LogP contribution in [-0.4, -0.2) is 59.2 Å². The molecule has 0 radical (unpaired) electrons. The van der Waals surface area contributed by atoms with E-state index < -0.39 is 5.97 Å². The van der Waals surface area contributed by atoms with E-state index in [-0.39, 0.29) is 12.4 Å². The van der Waals surface area contributed by atoms with Crippen LogP contribution in [0.1, 0.15) is 27.2 Å². The number of rotatable bonds is 10. The van der Waals surface area contributed by atoms with Crippen molar-refractivity contribution in [2.75, 3.05) is 32.9 Å². The van der Waals surface area contributed by atoms with E-state index in [9.17, 15) is 9.59 Å². The van der Waals surface area contributed by atoms with Crippen molar-refractivity contribution in [3.63, 3.8) is 0 Å². The van der Waals surface area contributed by atoms with Crippen molar-refractivity contribution in [1.29, 1.82) is 0 Å². The summed E-state index contributed by atoms with van der Waals surface area (Å²) < 4.78 is 12.5. The molecule has 1 aliphatic heterocycles. The third kappa shape index (κ3) is 6.43. The summed E-state index contributed by atoms with van der Waals surface area (Å²) in [6.45, 7) is 4.42. The zero-order valence-corrected chi connectivity index (χ0v) is 18.9. The molecule has 3 aromatic rings. The Balaban J connectivity index is 1.37. The molecule has 34 heavy (non-hydrogen) atoms. The number of benzene rings is 2. The number of ketones is 1. The fraction of sp³-hybridized carbons (Fsp3) is 0.259. The van der Waals surface area contributed by atoms with Crippen LogP contribution in [0.2, 0.25) is 0 Å². The second kappa shape index (κ2) is 11.4. The van der Waals surface area contributed by atoms with Gasteiger partial charge in [0.1, 0.15) is 5.75 Å². The number of carbonyl (C=O) groups excluding carboxylic acids is 1. The van der Waals surface area contributed by atoms with Crippen LogP contribution in [-0.2, 0) is 22.6 Å². The van der Waals surface area contributed by atoms with E-state index >= 15 is 0 Å². The van der Waals surface area contributed by atoms with E-state index in [1.54, 1.807) is 12.1 Å². The Morgan fingerprint density at radius 1 is 1.03 bits per heavy atom. The molecule has 0 saturated carbocycles. The minimum absolute atomic E-state index is 0.0135. The van der Waals surface area contributed by atoms with Gasteiger partial charge in [0, 0.05) is 37.9 Å². The van der Waals surface area contributed by atoms with Gasteiger partial charge in [0.05, 0.1) is 18.9 Å². The quantitative estimate of drug-likeness (QED) is 0.465. The highest BCUT2D eigenvalue weighted by Crippen LogP contribution is 2.16. The van der Waals surface area contributed by atoms with Crippen LogP contribution in [0.4, 0.5) is 0 Å². The number of carboxylic acids is 1. The molecule has 1 saturated heterocycles. The number of morpholine rings is 1. The molecule has 176 valence electrons. The van der Waals surface area contributed by atoms with E-state index in [1.165, 1.54) is 5.56 Å². The maximum absolute atomic E-state index is 13.1. The van der Waals surface area contributed by atoms with Crippen LogP contribution in [0.5, 0.6) is 5.75 Å².